The minimum atomic E-state index is 0.177. The molecule has 0 fully saturated rings. The molecule has 0 aromatic heterocycles. The van der Waals surface area contributed by atoms with Crippen LogP contribution in [0.4, 0.5) is 0 Å². The highest BCUT2D eigenvalue weighted by Gasteiger charge is 2.20. The standard InChI is InChI=1S/C28H32N2.C13H22/c1-20(17-18-21(2)28(4,5)6)22(3)25-19-29-26(23-13-9-7-10-14-23)27(30-25)24-15-11-8-12-16-24;1-10(2)11(3)8-9-12(4)13(5,6)7/h7-18H,19H2,1-6H3;8-9H,1H2,2-7H3/b20-17+,21-18+,25-22-;11-8+,12-9+. The van der Waals surface area contributed by atoms with Crippen molar-refractivity contribution in [3.8, 4) is 0 Å². The van der Waals surface area contributed by atoms with Crippen molar-refractivity contribution in [2.24, 2.45) is 20.8 Å². The summed E-state index contributed by atoms with van der Waals surface area (Å²) in [5.41, 5.74) is 13.1. The van der Waals surface area contributed by atoms with Gasteiger partial charge in [0.25, 0.3) is 0 Å². The smallest absolute Gasteiger partial charge is 0.0964 e. The Morgan fingerprint density at radius 3 is 1.44 bits per heavy atom. The second-order valence-corrected chi connectivity index (χ2v) is 13.6. The Morgan fingerprint density at radius 1 is 0.605 bits per heavy atom. The summed E-state index contributed by atoms with van der Waals surface area (Å²) in [7, 11) is 0. The van der Waals surface area contributed by atoms with E-state index in [1.54, 1.807) is 0 Å². The second-order valence-electron chi connectivity index (χ2n) is 13.6. The van der Waals surface area contributed by atoms with Crippen molar-refractivity contribution in [1.82, 2.24) is 0 Å². The average molecular weight is 575 g/mol. The summed E-state index contributed by atoms with van der Waals surface area (Å²) < 4.78 is 0. The summed E-state index contributed by atoms with van der Waals surface area (Å²) in [6.45, 7) is 30.7. The molecule has 0 N–H and O–H groups in total. The molecule has 0 amide bonds. The summed E-state index contributed by atoms with van der Waals surface area (Å²) >= 11 is 0. The van der Waals surface area contributed by atoms with Gasteiger partial charge in [0, 0.05) is 11.1 Å². The molecule has 228 valence electrons. The Hall–Kier alpha value is -3.78. The lowest BCUT2D eigenvalue weighted by atomic mass is 9.87. The molecular formula is C41H54N2. The molecular weight excluding hydrogens is 520 g/mol. The lowest BCUT2D eigenvalue weighted by Crippen LogP contribution is -2.22. The largest absolute Gasteiger partial charge is 0.276 e. The zero-order valence-corrected chi connectivity index (χ0v) is 28.9. The topological polar surface area (TPSA) is 24.7 Å². The van der Waals surface area contributed by atoms with Gasteiger partial charge in [0.05, 0.1) is 23.7 Å². The fourth-order valence-electron chi connectivity index (χ4n) is 3.77. The van der Waals surface area contributed by atoms with Gasteiger partial charge in [0.15, 0.2) is 0 Å². The van der Waals surface area contributed by atoms with E-state index in [0.29, 0.717) is 6.54 Å². The van der Waals surface area contributed by atoms with Crippen molar-refractivity contribution in [3.63, 3.8) is 0 Å². The van der Waals surface area contributed by atoms with Gasteiger partial charge in [-0.25, -0.2) is 4.99 Å². The Bertz CT molecular complexity index is 1470. The quantitative estimate of drug-likeness (QED) is 0.307. The third kappa shape index (κ3) is 11.1. The molecule has 0 radical (unpaired) electrons. The minimum absolute atomic E-state index is 0.177. The first-order chi connectivity index (χ1) is 20.0. The Labute approximate surface area is 263 Å². The van der Waals surface area contributed by atoms with E-state index < -0.39 is 0 Å². The van der Waals surface area contributed by atoms with Gasteiger partial charge in [-0.05, 0) is 69.1 Å². The highest BCUT2D eigenvalue weighted by atomic mass is 14.9. The molecule has 0 saturated heterocycles. The molecule has 0 aliphatic carbocycles. The van der Waals surface area contributed by atoms with Crippen LogP contribution in [0.25, 0.3) is 0 Å². The molecule has 2 aromatic carbocycles. The number of allylic oxidation sites excluding steroid dienone is 10. The highest BCUT2D eigenvalue weighted by molar-refractivity contribution is 6.54. The maximum Gasteiger partial charge on any atom is 0.0964 e. The van der Waals surface area contributed by atoms with Crippen LogP contribution in [0.1, 0.15) is 94.2 Å². The fourth-order valence-corrected chi connectivity index (χ4v) is 3.77. The lowest BCUT2D eigenvalue weighted by Gasteiger charge is -2.19. The van der Waals surface area contributed by atoms with E-state index in [1.807, 2.05) is 31.2 Å². The zero-order valence-electron chi connectivity index (χ0n) is 28.9. The van der Waals surface area contributed by atoms with Crippen LogP contribution >= 0.6 is 0 Å². The molecule has 3 rings (SSSR count). The van der Waals surface area contributed by atoms with Crippen LogP contribution in [0.15, 0.2) is 141 Å². The van der Waals surface area contributed by atoms with E-state index in [2.05, 4.69) is 143 Å². The lowest BCUT2D eigenvalue weighted by molar-refractivity contribution is 0.504. The molecule has 2 nitrogen and oxygen atoms in total. The Morgan fingerprint density at radius 2 is 1.02 bits per heavy atom. The van der Waals surface area contributed by atoms with E-state index in [0.717, 1.165) is 33.8 Å². The Kier molecular flexibility index (Phi) is 12.9. The summed E-state index contributed by atoms with van der Waals surface area (Å²) in [4.78, 5) is 10.1. The number of hydrogen-bond donors (Lipinski definition) is 0. The van der Waals surface area contributed by atoms with Gasteiger partial charge < -0.3 is 0 Å². The predicted octanol–water partition coefficient (Wildman–Crippen LogP) is 11.7. The fraction of sp³-hybridized carbons (Fsp3) is 0.366. The van der Waals surface area contributed by atoms with Crippen molar-refractivity contribution in [2.45, 2.75) is 83.1 Å². The maximum absolute atomic E-state index is 5.11. The normalized spacial score (nSPS) is 16.6. The van der Waals surface area contributed by atoms with E-state index in [1.165, 1.54) is 27.9 Å². The van der Waals surface area contributed by atoms with E-state index >= 15 is 0 Å². The predicted molar refractivity (Wildman–Crippen MR) is 192 cm³/mol. The SMILES string of the molecule is C=C(C)/C(C)=C/C=C(\C)C(C)(C)C.CC(=C1\CN=C(c2ccccc2)C(c2ccccc2)=N1)/C(C)=C/C=C(\C)C(C)(C)C. The highest BCUT2D eigenvalue weighted by Crippen LogP contribution is 2.27. The third-order valence-electron chi connectivity index (χ3n) is 8.18. The molecule has 0 atom stereocenters. The molecule has 0 bridgehead atoms. The molecule has 0 unspecified atom stereocenters. The Balaban J connectivity index is 0.000000420. The number of nitrogens with zero attached hydrogens (tertiary/aromatic N) is 2. The first-order valence-corrected chi connectivity index (χ1v) is 15.3. The van der Waals surface area contributed by atoms with Crippen LogP contribution in [-0.2, 0) is 0 Å². The number of aliphatic imine (C=N–C) groups is 2. The first kappa shape index (κ1) is 35.4. The summed E-state index contributed by atoms with van der Waals surface area (Å²) in [6, 6.07) is 20.7. The third-order valence-corrected chi connectivity index (χ3v) is 8.18. The van der Waals surface area contributed by atoms with Crippen molar-refractivity contribution in [1.29, 1.82) is 0 Å². The van der Waals surface area contributed by atoms with Crippen molar-refractivity contribution < 1.29 is 0 Å². The van der Waals surface area contributed by atoms with Gasteiger partial charge in [-0.3, -0.25) is 4.99 Å². The van der Waals surface area contributed by atoms with Crippen molar-refractivity contribution in [2.75, 3.05) is 6.54 Å². The van der Waals surface area contributed by atoms with Gasteiger partial charge >= 0.3 is 0 Å². The van der Waals surface area contributed by atoms with Crippen molar-refractivity contribution in [3.05, 3.63) is 142 Å². The number of hydrogen-bond acceptors (Lipinski definition) is 2. The van der Waals surface area contributed by atoms with Crippen LogP contribution in [0.2, 0.25) is 0 Å². The molecule has 1 aliphatic rings. The molecule has 2 aromatic rings. The average Bonchev–Trinajstić information content (AvgIpc) is 2.97. The zero-order chi connectivity index (χ0) is 32.4. The molecule has 43 heavy (non-hydrogen) atoms. The van der Waals surface area contributed by atoms with Crippen LogP contribution in [-0.4, -0.2) is 18.0 Å². The first-order valence-electron chi connectivity index (χ1n) is 15.3. The number of benzene rings is 2. The van der Waals surface area contributed by atoms with Gasteiger partial charge in [-0.1, -0.05) is 150 Å². The van der Waals surface area contributed by atoms with Gasteiger partial charge in [0.2, 0.25) is 0 Å². The minimum Gasteiger partial charge on any atom is -0.276 e. The monoisotopic (exact) mass is 574 g/mol. The van der Waals surface area contributed by atoms with Crippen molar-refractivity contribution >= 4 is 11.4 Å². The van der Waals surface area contributed by atoms with Gasteiger partial charge in [0.1, 0.15) is 0 Å². The summed E-state index contributed by atoms with van der Waals surface area (Å²) in [6.07, 6.45) is 8.76. The molecule has 2 heteroatoms. The molecule has 1 aliphatic heterocycles. The van der Waals surface area contributed by atoms with Crippen LogP contribution < -0.4 is 0 Å². The van der Waals surface area contributed by atoms with Crippen LogP contribution in [0.3, 0.4) is 0 Å². The molecule has 0 saturated carbocycles. The maximum atomic E-state index is 5.11. The summed E-state index contributed by atoms with van der Waals surface area (Å²) in [5.74, 6) is 0. The number of rotatable bonds is 6. The van der Waals surface area contributed by atoms with Crippen LogP contribution in [0, 0.1) is 10.8 Å². The van der Waals surface area contributed by atoms with E-state index in [-0.39, 0.29) is 10.8 Å². The second kappa shape index (κ2) is 15.6. The van der Waals surface area contributed by atoms with Crippen LogP contribution in [0.5, 0.6) is 0 Å². The summed E-state index contributed by atoms with van der Waals surface area (Å²) in [5, 5.41) is 0. The van der Waals surface area contributed by atoms with E-state index in [4.69, 9.17) is 9.98 Å². The van der Waals surface area contributed by atoms with E-state index in [9.17, 15) is 0 Å². The molecule has 1 heterocycles. The van der Waals surface area contributed by atoms with Gasteiger partial charge in [-0.2, -0.15) is 0 Å². The molecule has 0 spiro atoms. The van der Waals surface area contributed by atoms with Gasteiger partial charge in [-0.15, -0.1) is 0 Å².